The van der Waals surface area contributed by atoms with Gasteiger partial charge in [-0.1, -0.05) is 23.4 Å². The Bertz CT molecular complexity index is 1510. The summed E-state index contributed by atoms with van der Waals surface area (Å²) in [5.41, 5.74) is 8.50. The molecule has 0 aliphatic heterocycles. The summed E-state index contributed by atoms with van der Waals surface area (Å²) in [6.07, 6.45) is 1.60. The van der Waals surface area contributed by atoms with Crippen LogP contribution in [0.3, 0.4) is 0 Å². The summed E-state index contributed by atoms with van der Waals surface area (Å²) in [6.45, 7) is 5.38. The van der Waals surface area contributed by atoms with Gasteiger partial charge in [0.15, 0.2) is 0 Å². The zero-order valence-electron chi connectivity index (χ0n) is 17.6. The number of para-hydroxylation sites is 1. The average molecular weight is 429 g/mol. The smallest absolute Gasteiger partial charge is 0.271 e. The normalized spacial score (nSPS) is 11.2. The summed E-state index contributed by atoms with van der Waals surface area (Å²) < 4.78 is 10.9. The molecule has 0 radical (unpaired) electrons. The van der Waals surface area contributed by atoms with Crippen molar-refractivity contribution in [1.29, 1.82) is 0 Å². The van der Waals surface area contributed by atoms with E-state index in [-0.39, 0.29) is 11.3 Å². The first kappa shape index (κ1) is 19.6. The molecule has 32 heavy (non-hydrogen) atoms. The standard InChI is InChI=1S/C23H19N5O4/c1-11-8-15(13(3)31-11)19-9-16(20-12(2)28-32-23(20)25-19)21(29)26-27-22(30)17-10-24-18-7-5-4-6-14(17)18/h4-10,24H,1-3H3,(H,26,29)(H,27,30). The maximum absolute atomic E-state index is 13.1. The lowest BCUT2D eigenvalue weighted by molar-refractivity contribution is 0.0848. The lowest BCUT2D eigenvalue weighted by Gasteiger charge is -2.09. The number of benzene rings is 1. The third-order valence-electron chi connectivity index (χ3n) is 5.30. The highest BCUT2D eigenvalue weighted by molar-refractivity contribution is 6.10. The van der Waals surface area contributed by atoms with Gasteiger partial charge in [-0.05, 0) is 39.0 Å². The highest BCUT2D eigenvalue weighted by atomic mass is 16.5. The first-order chi connectivity index (χ1) is 15.4. The van der Waals surface area contributed by atoms with Gasteiger partial charge in [-0.25, -0.2) is 4.98 Å². The van der Waals surface area contributed by atoms with Crippen LogP contribution in [0.5, 0.6) is 0 Å². The number of hydrogen-bond acceptors (Lipinski definition) is 6. The molecule has 2 amide bonds. The minimum absolute atomic E-state index is 0.228. The number of carbonyl (C=O) groups is 2. The number of H-pyrrole nitrogens is 1. The first-order valence-corrected chi connectivity index (χ1v) is 9.93. The van der Waals surface area contributed by atoms with Crippen molar-refractivity contribution in [2.75, 3.05) is 0 Å². The Labute approximate surface area is 181 Å². The van der Waals surface area contributed by atoms with E-state index in [1.807, 2.05) is 44.2 Å². The number of aromatic nitrogens is 3. The number of aryl methyl sites for hydroxylation is 3. The summed E-state index contributed by atoms with van der Waals surface area (Å²) in [5.74, 6) is 0.440. The van der Waals surface area contributed by atoms with Gasteiger partial charge in [0.1, 0.15) is 11.5 Å². The van der Waals surface area contributed by atoms with Crippen LogP contribution in [0.2, 0.25) is 0 Å². The molecule has 160 valence electrons. The van der Waals surface area contributed by atoms with Crippen molar-refractivity contribution >= 4 is 33.8 Å². The van der Waals surface area contributed by atoms with Crippen molar-refractivity contribution in [3.63, 3.8) is 0 Å². The topological polar surface area (TPSA) is 126 Å². The molecule has 3 N–H and O–H groups in total. The molecule has 5 rings (SSSR count). The van der Waals surface area contributed by atoms with E-state index in [9.17, 15) is 9.59 Å². The zero-order valence-corrected chi connectivity index (χ0v) is 17.6. The molecule has 0 unspecified atom stereocenters. The molecule has 0 aliphatic carbocycles. The lowest BCUT2D eigenvalue weighted by Crippen LogP contribution is -2.41. The number of rotatable bonds is 3. The number of hydrazine groups is 1. The fourth-order valence-corrected chi connectivity index (χ4v) is 3.80. The van der Waals surface area contributed by atoms with Gasteiger partial charge in [-0.15, -0.1) is 0 Å². The van der Waals surface area contributed by atoms with Crippen molar-refractivity contribution in [1.82, 2.24) is 26.0 Å². The van der Waals surface area contributed by atoms with Gasteiger partial charge in [-0.2, -0.15) is 0 Å². The summed E-state index contributed by atoms with van der Waals surface area (Å²) in [7, 11) is 0. The molecule has 5 aromatic rings. The number of pyridine rings is 1. The maximum atomic E-state index is 13.1. The Balaban J connectivity index is 1.47. The summed E-state index contributed by atoms with van der Waals surface area (Å²) in [4.78, 5) is 33.3. The number of nitrogens with zero attached hydrogens (tertiary/aromatic N) is 2. The Kier molecular flexibility index (Phi) is 4.51. The number of carbonyl (C=O) groups excluding carboxylic acids is 2. The van der Waals surface area contributed by atoms with Gasteiger partial charge in [-0.3, -0.25) is 20.4 Å². The van der Waals surface area contributed by atoms with Gasteiger partial charge in [0, 0.05) is 22.7 Å². The second kappa shape index (κ2) is 7.38. The fraction of sp³-hybridized carbons (Fsp3) is 0.130. The summed E-state index contributed by atoms with van der Waals surface area (Å²) in [6, 6.07) is 10.9. The van der Waals surface area contributed by atoms with Crippen molar-refractivity contribution in [2.45, 2.75) is 20.8 Å². The van der Waals surface area contributed by atoms with Crippen LogP contribution >= 0.6 is 0 Å². The predicted molar refractivity (Wildman–Crippen MR) is 117 cm³/mol. The molecule has 0 aliphatic rings. The van der Waals surface area contributed by atoms with E-state index in [4.69, 9.17) is 8.94 Å². The van der Waals surface area contributed by atoms with E-state index in [1.165, 1.54) is 0 Å². The minimum Gasteiger partial charge on any atom is -0.466 e. The molecular weight excluding hydrogens is 410 g/mol. The number of nitrogens with one attached hydrogen (secondary N) is 3. The predicted octanol–water partition coefficient (Wildman–Crippen LogP) is 3.96. The average Bonchev–Trinajstić information content (AvgIpc) is 3.47. The molecule has 0 fully saturated rings. The van der Waals surface area contributed by atoms with Crippen LogP contribution in [0.25, 0.3) is 33.3 Å². The maximum Gasteiger partial charge on any atom is 0.271 e. The summed E-state index contributed by atoms with van der Waals surface area (Å²) >= 11 is 0. The Morgan fingerprint density at radius 2 is 1.75 bits per heavy atom. The Hall–Kier alpha value is -4.40. The molecule has 0 saturated heterocycles. The van der Waals surface area contributed by atoms with Crippen LogP contribution in [0.1, 0.15) is 37.9 Å². The lowest BCUT2D eigenvalue weighted by atomic mass is 10.1. The van der Waals surface area contributed by atoms with Crippen molar-refractivity contribution in [3.8, 4) is 11.3 Å². The SMILES string of the molecule is Cc1cc(-c2cc(C(=O)NNC(=O)c3c[nH]c4ccccc34)c3c(C)noc3n2)c(C)o1. The monoisotopic (exact) mass is 429 g/mol. The van der Waals surface area contributed by atoms with E-state index in [0.717, 1.165) is 22.2 Å². The van der Waals surface area contributed by atoms with Crippen LogP contribution in [0.4, 0.5) is 0 Å². The fourth-order valence-electron chi connectivity index (χ4n) is 3.80. The highest BCUT2D eigenvalue weighted by Crippen LogP contribution is 2.30. The second-order valence-electron chi connectivity index (χ2n) is 7.49. The Morgan fingerprint density at radius 3 is 2.50 bits per heavy atom. The van der Waals surface area contributed by atoms with Gasteiger partial charge >= 0.3 is 0 Å². The van der Waals surface area contributed by atoms with Crippen LogP contribution in [0, 0.1) is 20.8 Å². The van der Waals surface area contributed by atoms with E-state index >= 15 is 0 Å². The highest BCUT2D eigenvalue weighted by Gasteiger charge is 2.22. The number of amides is 2. The molecule has 9 nitrogen and oxygen atoms in total. The van der Waals surface area contributed by atoms with Gasteiger partial charge in [0.05, 0.1) is 27.9 Å². The molecular formula is C23H19N5O4. The van der Waals surface area contributed by atoms with Crippen LogP contribution < -0.4 is 10.9 Å². The van der Waals surface area contributed by atoms with E-state index < -0.39 is 11.8 Å². The van der Waals surface area contributed by atoms with Crippen LogP contribution in [-0.4, -0.2) is 26.9 Å². The van der Waals surface area contributed by atoms with Gasteiger partial charge < -0.3 is 13.9 Å². The van der Waals surface area contributed by atoms with Crippen LogP contribution in [-0.2, 0) is 0 Å². The molecule has 0 spiro atoms. The number of fused-ring (bicyclic) bond motifs is 2. The summed E-state index contributed by atoms with van der Waals surface area (Å²) in [5, 5.41) is 5.17. The van der Waals surface area contributed by atoms with E-state index in [1.54, 1.807) is 19.2 Å². The molecule has 0 bridgehead atoms. The Morgan fingerprint density at radius 1 is 1.00 bits per heavy atom. The molecule has 1 aromatic carbocycles. The number of aromatic amines is 1. The number of hydrogen-bond donors (Lipinski definition) is 3. The zero-order chi connectivity index (χ0) is 22.4. The molecule has 0 atom stereocenters. The van der Waals surface area contributed by atoms with Crippen LogP contribution in [0.15, 0.2) is 51.5 Å². The third-order valence-corrected chi connectivity index (χ3v) is 5.30. The molecule has 9 heteroatoms. The van der Waals surface area contributed by atoms with Gasteiger partial charge in [0.25, 0.3) is 17.5 Å². The minimum atomic E-state index is -0.518. The molecule has 0 saturated carbocycles. The van der Waals surface area contributed by atoms with E-state index in [0.29, 0.717) is 28.1 Å². The molecule has 4 aromatic heterocycles. The van der Waals surface area contributed by atoms with Crippen molar-refractivity contribution < 1.29 is 18.5 Å². The quantitative estimate of drug-likeness (QED) is 0.373. The van der Waals surface area contributed by atoms with Crippen molar-refractivity contribution in [3.05, 3.63) is 70.9 Å². The van der Waals surface area contributed by atoms with Crippen molar-refractivity contribution in [2.24, 2.45) is 0 Å². The third kappa shape index (κ3) is 3.20. The second-order valence-corrected chi connectivity index (χ2v) is 7.49. The van der Waals surface area contributed by atoms with Gasteiger partial charge in [0.2, 0.25) is 0 Å². The van der Waals surface area contributed by atoms with E-state index in [2.05, 4.69) is 26.0 Å². The largest absolute Gasteiger partial charge is 0.466 e. The number of furan rings is 1. The molecule has 4 heterocycles. The first-order valence-electron chi connectivity index (χ1n) is 9.93.